The third-order valence-corrected chi connectivity index (χ3v) is 5.06. The Labute approximate surface area is 135 Å². The summed E-state index contributed by atoms with van der Waals surface area (Å²) in [5, 5.41) is 5.44. The number of rotatable bonds is 3. The maximum Gasteiger partial charge on any atom is 0.261 e. The van der Waals surface area contributed by atoms with Crippen LogP contribution in [0.5, 0.6) is 0 Å². The normalized spacial score (nSPS) is 12.3. The Kier molecular flexibility index (Phi) is 4.08. The van der Waals surface area contributed by atoms with Crippen molar-refractivity contribution in [1.82, 2.24) is 5.32 Å². The SMILES string of the molecule is CC(NC(=O)c1ccc(Br)s1)c1cccc2ccccc12. The van der Waals surface area contributed by atoms with E-state index in [9.17, 15) is 4.79 Å². The van der Waals surface area contributed by atoms with E-state index >= 15 is 0 Å². The zero-order chi connectivity index (χ0) is 14.8. The molecule has 1 aromatic heterocycles. The number of thiophene rings is 1. The zero-order valence-electron chi connectivity index (χ0n) is 11.5. The Morgan fingerprint density at radius 2 is 1.86 bits per heavy atom. The fourth-order valence-corrected chi connectivity index (χ4v) is 3.70. The number of hydrogen-bond acceptors (Lipinski definition) is 2. The first kappa shape index (κ1) is 14.3. The molecule has 0 radical (unpaired) electrons. The fourth-order valence-electron chi connectivity index (χ4n) is 2.41. The van der Waals surface area contributed by atoms with Crippen LogP contribution in [0.2, 0.25) is 0 Å². The Hall–Kier alpha value is -1.65. The molecule has 0 aliphatic carbocycles. The molecular formula is C17H14BrNOS. The Morgan fingerprint density at radius 3 is 2.62 bits per heavy atom. The van der Waals surface area contributed by atoms with Crippen molar-refractivity contribution < 1.29 is 4.79 Å². The molecule has 0 aliphatic rings. The lowest BCUT2D eigenvalue weighted by Crippen LogP contribution is -2.26. The first-order valence-electron chi connectivity index (χ1n) is 6.69. The van der Waals surface area contributed by atoms with Gasteiger partial charge in [-0.15, -0.1) is 11.3 Å². The summed E-state index contributed by atoms with van der Waals surface area (Å²) < 4.78 is 0.963. The minimum atomic E-state index is -0.0375. The summed E-state index contributed by atoms with van der Waals surface area (Å²) >= 11 is 4.82. The summed E-state index contributed by atoms with van der Waals surface area (Å²) in [6, 6.07) is 18.1. The lowest BCUT2D eigenvalue weighted by Gasteiger charge is -2.16. The molecule has 4 heteroatoms. The third-order valence-electron chi connectivity index (χ3n) is 3.43. The predicted molar refractivity (Wildman–Crippen MR) is 91.8 cm³/mol. The molecule has 106 valence electrons. The van der Waals surface area contributed by atoms with Crippen molar-refractivity contribution in [2.75, 3.05) is 0 Å². The van der Waals surface area contributed by atoms with Gasteiger partial charge in [-0.05, 0) is 51.3 Å². The average Bonchev–Trinajstić information content (AvgIpc) is 2.93. The summed E-state index contributed by atoms with van der Waals surface area (Å²) in [6.07, 6.45) is 0. The molecule has 0 bridgehead atoms. The van der Waals surface area contributed by atoms with Gasteiger partial charge in [0.2, 0.25) is 0 Å². The fraction of sp³-hybridized carbons (Fsp3) is 0.118. The van der Waals surface area contributed by atoms with E-state index < -0.39 is 0 Å². The van der Waals surface area contributed by atoms with Crippen LogP contribution in [0.15, 0.2) is 58.4 Å². The lowest BCUT2D eigenvalue weighted by atomic mass is 10.00. The molecule has 0 saturated carbocycles. The molecule has 0 spiro atoms. The average molecular weight is 360 g/mol. The largest absolute Gasteiger partial charge is 0.345 e. The number of amides is 1. The molecule has 1 amide bonds. The second kappa shape index (κ2) is 6.00. The molecular weight excluding hydrogens is 346 g/mol. The molecule has 3 rings (SSSR count). The first-order chi connectivity index (χ1) is 10.1. The summed E-state index contributed by atoms with van der Waals surface area (Å²) in [5.74, 6) is -0.0360. The number of nitrogens with one attached hydrogen (secondary N) is 1. The highest BCUT2D eigenvalue weighted by atomic mass is 79.9. The van der Waals surface area contributed by atoms with Crippen LogP contribution in [0.1, 0.15) is 28.2 Å². The van der Waals surface area contributed by atoms with Crippen LogP contribution in [0.3, 0.4) is 0 Å². The highest BCUT2D eigenvalue weighted by Crippen LogP contribution is 2.26. The van der Waals surface area contributed by atoms with Crippen molar-refractivity contribution in [3.8, 4) is 0 Å². The van der Waals surface area contributed by atoms with E-state index in [1.165, 1.54) is 22.1 Å². The van der Waals surface area contributed by atoms with E-state index in [4.69, 9.17) is 0 Å². The lowest BCUT2D eigenvalue weighted by molar-refractivity contribution is 0.0944. The van der Waals surface area contributed by atoms with Gasteiger partial charge in [-0.3, -0.25) is 4.79 Å². The molecule has 3 aromatic rings. The van der Waals surface area contributed by atoms with E-state index in [0.717, 1.165) is 9.35 Å². The monoisotopic (exact) mass is 359 g/mol. The molecule has 1 N–H and O–H groups in total. The number of carbonyl (C=O) groups excluding carboxylic acids is 1. The van der Waals surface area contributed by atoms with Crippen LogP contribution in [0.25, 0.3) is 10.8 Å². The highest BCUT2D eigenvalue weighted by molar-refractivity contribution is 9.11. The summed E-state index contributed by atoms with van der Waals surface area (Å²) in [4.78, 5) is 13.0. The smallest absolute Gasteiger partial charge is 0.261 e. The quantitative estimate of drug-likeness (QED) is 0.687. The second-order valence-electron chi connectivity index (χ2n) is 4.87. The molecule has 0 saturated heterocycles. The molecule has 2 aromatic carbocycles. The van der Waals surface area contributed by atoms with Crippen LogP contribution in [0.4, 0.5) is 0 Å². The van der Waals surface area contributed by atoms with Crippen LogP contribution in [-0.4, -0.2) is 5.91 Å². The van der Waals surface area contributed by atoms with E-state index in [-0.39, 0.29) is 11.9 Å². The molecule has 21 heavy (non-hydrogen) atoms. The van der Waals surface area contributed by atoms with Crippen LogP contribution < -0.4 is 5.32 Å². The van der Waals surface area contributed by atoms with Gasteiger partial charge in [-0.25, -0.2) is 0 Å². The Morgan fingerprint density at radius 1 is 1.10 bits per heavy atom. The van der Waals surface area contributed by atoms with E-state index in [1.807, 2.05) is 37.3 Å². The van der Waals surface area contributed by atoms with Crippen molar-refractivity contribution >= 4 is 43.9 Å². The van der Waals surface area contributed by atoms with Gasteiger partial charge < -0.3 is 5.32 Å². The van der Waals surface area contributed by atoms with Crippen molar-refractivity contribution in [3.63, 3.8) is 0 Å². The number of hydrogen-bond donors (Lipinski definition) is 1. The zero-order valence-corrected chi connectivity index (χ0v) is 13.9. The van der Waals surface area contributed by atoms with Gasteiger partial charge >= 0.3 is 0 Å². The van der Waals surface area contributed by atoms with Gasteiger partial charge in [-0.2, -0.15) is 0 Å². The molecule has 1 unspecified atom stereocenters. The van der Waals surface area contributed by atoms with Gasteiger partial charge in [0.1, 0.15) is 0 Å². The second-order valence-corrected chi connectivity index (χ2v) is 7.33. The highest BCUT2D eigenvalue weighted by Gasteiger charge is 2.14. The predicted octanol–water partition coefficient (Wildman–Crippen LogP) is 5.15. The minimum Gasteiger partial charge on any atom is -0.345 e. The standard InChI is InChI=1S/C17H14BrNOS/c1-11(19-17(20)15-9-10-16(18)21-15)13-8-4-6-12-5-2-3-7-14(12)13/h2-11H,1H3,(H,19,20). The van der Waals surface area contributed by atoms with Crippen molar-refractivity contribution in [3.05, 3.63) is 68.8 Å². The van der Waals surface area contributed by atoms with Crippen LogP contribution in [0, 0.1) is 0 Å². The number of carbonyl (C=O) groups is 1. The van der Waals surface area contributed by atoms with E-state index in [2.05, 4.69) is 45.5 Å². The maximum absolute atomic E-state index is 12.3. The van der Waals surface area contributed by atoms with Gasteiger partial charge in [0.25, 0.3) is 5.91 Å². The molecule has 1 atom stereocenters. The molecule has 0 aliphatic heterocycles. The minimum absolute atomic E-state index is 0.0360. The van der Waals surface area contributed by atoms with E-state index in [0.29, 0.717) is 4.88 Å². The summed E-state index contributed by atoms with van der Waals surface area (Å²) in [7, 11) is 0. The maximum atomic E-state index is 12.3. The van der Waals surface area contributed by atoms with Gasteiger partial charge in [0, 0.05) is 0 Å². The van der Waals surface area contributed by atoms with Crippen LogP contribution in [-0.2, 0) is 0 Å². The Balaban J connectivity index is 1.87. The number of halogens is 1. The number of benzene rings is 2. The van der Waals surface area contributed by atoms with Gasteiger partial charge in [0.15, 0.2) is 0 Å². The number of fused-ring (bicyclic) bond motifs is 1. The van der Waals surface area contributed by atoms with Crippen molar-refractivity contribution in [2.45, 2.75) is 13.0 Å². The van der Waals surface area contributed by atoms with Gasteiger partial charge in [0.05, 0.1) is 14.7 Å². The van der Waals surface area contributed by atoms with Gasteiger partial charge in [-0.1, -0.05) is 42.5 Å². The molecule has 2 nitrogen and oxygen atoms in total. The van der Waals surface area contributed by atoms with Crippen molar-refractivity contribution in [1.29, 1.82) is 0 Å². The topological polar surface area (TPSA) is 29.1 Å². The Bertz CT molecular complexity index is 791. The molecule has 1 heterocycles. The van der Waals surface area contributed by atoms with Crippen molar-refractivity contribution in [2.24, 2.45) is 0 Å². The third kappa shape index (κ3) is 3.01. The summed E-state index contributed by atoms with van der Waals surface area (Å²) in [5.41, 5.74) is 1.14. The summed E-state index contributed by atoms with van der Waals surface area (Å²) in [6.45, 7) is 2.02. The first-order valence-corrected chi connectivity index (χ1v) is 8.30. The molecule has 0 fully saturated rings. The van der Waals surface area contributed by atoms with Crippen LogP contribution >= 0.6 is 27.3 Å². The van der Waals surface area contributed by atoms with E-state index in [1.54, 1.807) is 0 Å².